The van der Waals surface area contributed by atoms with Crippen molar-refractivity contribution in [1.82, 2.24) is 0 Å². The van der Waals surface area contributed by atoms with E-state index in [1.165, 1.54) is 0 Å². The molecule has 0 atom stereocenters. The van der Waals surface area contributed by atoms with Crippen LogP contribution in [0.3, 0.4) is 0 Å². The van der Waals surface area contributed by atoms with Crippen molar-refractivity contribution in [3.63, 3.8) is 0 Å². The maximum atomic E-state index is 13.6. The molecule has 0 aliphatic carbocycles. The van der Waals surface area contributed by atoms with Crippen LogP contribution in [0.5, 0.6) is 0 Å². The highest BCUT2D eigenvalue weighted by atomic mass is 127. The summed E-state index contributed by atoms with van der Waals surface area (Å²) in [6, 6.07) is 6.85. The predicted octanol–water partition coefficient (Wildman–Crippen LogP) is 4.17. The van der Waals surface area contributed by atoms with Crippen LogP contribution >= 0.6 is 38.5 Å². The lowest BCUT2D eigenvalue weighted by molar-refractivity contribution is 0.102. The van der Waals surface area contributed by atoms with Gasteiger partial charge in [0, 0.05) is 14.1 Å². The van der Waals surface area contributed by atoms with Gasteiger partial charge in [-0.3, -0.25) is 4.79 Å². The van der Waals surface area contributed by atoms with Crippen LogP contribution in [0.15, 0.2) is 34.8 Å². The highest BCUT2D eigenvalue weighted by molar-refractivity contribution is 14.1. The number of carbonyl (C=O) groups is 1. The molecule has 0 radical (unpaired) electrons. The maximum Gasteiger partial charge on any atom is 0.256 e. The Hall–Kier alpha value is -1.22. The van der Waals surface area contributed by atoms with Crippen LogP contribution in [-0.4, -0.2) is 5.91 Å². The molecule has 3 nitrogen and oxygen atoms in total. The summed E-state index contributed by atoms with van der Waals surface area (Å²) in [6.45, 7) is 0. The second kappa shape index (κ2) is 6.04. The number of halogens is 4. The molecule has 7 heteroatoms. The quantitative estimate of drug-likeness (QED) is 0.530. The Bertz CT molecular complexity index is 694. The van der Waals surface area contributed by atoms with E-state index in [4.69, 9.17) is 5.73 Å². The second-order valence-electron chi connectivity index (χ2n) is 3.93. The maximum absolute atomic E-state index is 13.6. The third-order valence-corrected chi connectivity index (χ3v) is 3.87. The van der Waals surface area contributed by atoms with Crippen LogP contribution in [0.2, 0.25) is 0 Å². The molecule has 20 heavy (non-hydrogen) atoms. The molecular formula is C13H8BrF2IN2O. The Morgan fingerprint density at radius 3 is 2.60 bits per heavy atom. The number of nitrogens with two attached hydrogens (primary N) is 1. The van der Waals surface area contributed by atoms with Gasteiger partial charge in [0.15, 0.2) is 0 Å². The lowest BCUT2D eigenvalue weighted by Crippen LogP contribution is -2.14. The van der Waals surface area contributed by atoms with Crippen LogP contribution in [0, 0.1) is 15.2 Å². The van der Waals surface area contributed by atoms with Gasteiger partial charge in [-0.05, 0) is 62.8 Å². The Kier molecular flexibility index (Phi) is 4.59. The Morgan fingerprint density at radius 2 is 1.90 bits per heavy atom. The van der Waals surface area contributed by atoms with E-state index in [1.54, 1.807) is 12.1 Å². The Balaban J connectivity index is 2.32. The van der Waals surface area contributed by atoms with E-state index in [0.717, 1.165) is 9.64 Å². The summed E-state index contributed by atoms with van der Waals surface area (Å²) in [7, 11) is 0. The monoisotopic (exact) mass is 452 g/mol. The number of benzene rings is 2. The molecule has 0 aliphatic heterocycles. The molecular weight excluding hydrogens is 445 g/mol. The number of hydrogen-bond acceptors (Lipinski definition) is 2. The number of hydrogen-bond donors (Lipinski definition) is 2. The van der Waals surface area contributed by atoms with Gasteiger partial charge in [-0.25, -0.2) is 8.78 Å². The van der Waals surface area contributed by atoms with Gasteiger partial charge in [-0.15, -0.1) is 0 Å². The van der Waals surface area contributed by atoms with Crippen LogP contribution in [0.4, 0.5) is 20.2 Å². The number of nitrogen functional groups attached to an aromatic ring is 1. The van der Waals surface area contributed by atoms with Crippen molar-refractivity contribution in [3.8, 4) is 0 Å². The fourth-order valence-corrected chi connectivity index (χ4v) is 2.44. The summed E-state index contributed by atoms with van der Waals surface area (Å²) < 4.78 is 28.0. The van der Waals surface area contributed by atoms with Crippen LogP contribution in [0.1, 0.15) is 10.4 Å². The first-order valence-corrected chi connectivity index (χ1v) is 7.26. The first-order chi connectivity index (χ1) is 9.38. The molecule has 2 aromatic rings. The van der Waals surface area contributed by atoms with E-state index in [2.05, 4.69) is 43.8 Å². The van der Waals surface area contributed by atoms with E-state index in [0.29, 0.717) is 16.1 Å². The average molecular weight is 453 g/mol. The molecule has 1 amide bonds. The topological polar surface area (TPSA) is 55.1 Å². The molecule has 0 aromatic heterocycles. The normalized spacial score (nSPS) is 10.4. The van der Waals surface area contributed by atoms with Crippen molar-refractivity contribution >= 4 is 55.8 Å². The van der Waals surface area contributed by atoms with Crippen molar-refractivity contribution in [3.05, 3.63) is 55.6 Å². The van der Waals surface area contributed by atoms with Gasteiger partial charge in [0.2, 0.25) is 0 Å². The van der Waals surface area contributed by atoms with Gasteiger partial charge in [0.25, 0.3) is 5.91 Å². The third kappa shape index (κ3) is 3.26. The fraction of sp³-hybridized carbons (Fsp3) is 0. The fourth-order valence-electron chi connectivity index (χ4n) is 1.52. The van der Waals surface area contributed by atoms with E-state index in [-0.39, 0.29) is 11.4 Å². The minimum atomic E-state index is -0.883. The third-order valence-electron chi connectivity index (χ3n) is 2.51. The van der Waals surface area contributed by atoms with Crippen molar-refractivity contribution in [2.24, 2.45) is 0 Å². The summed E-state index contributed by atoms with van der Waals surface area (Å²) in [5.74, 6) is -2.26. The van der Waals surface area contributed by atoms with Gasteiger partial charge >= 0.3 is 0 Å². The van der Waals surface area contributed by atoms with Gasteiger partial charge < -0.3 is 11.1 Å². The highest BCUT2D eigenvalue weighted by Crippen LogP contribution is 2.24. The van der Waals surface area contributed by atoms with Crippen molar-refractivity contribution < 1.29 is 13.6 Å². The average Bonchev–Trinajstić information content (AvgIpc) is 2.38. The number of amides is 1. The standard InChI is InChI=1S/C13H8BrF2IN2O/c14-8-2-1-6(17)3-7(8)13(20)19-12-5-11(18)9(15)4-10(12)16/h1-5H,18H2,(H,19,20). The minimum Gasteiger partial charge on any atom is -0.396 e. The Labute approximate surface area is 135 Å². The van der Waals surface area contributed by atoms with E-state index >= 15 is 0 Å². The zero-order valence-corrected chi connectivity index (χ0v) is 13.6. The largest absolute Gasteiger partial charge is 0.396 e. The van der Waals surface area contributed by atoms with E-state index in [1.807, 2.05) is 6.07 Å². The molecule has 0 saturated carbocycles. The lowest BCUT2D eigenvalue weighted by atomic mass is 10.2. The molecule has 0 aliphatic rings. The number of anilines is 2. The SMILES string of the molecule is Nc1cc(NC(=O)c2cc(I)ccc2Br)c(F)cc1F. The van der Waals surface area contributed by atoms with Gasteiger partial charge in [-0.2, -0.15) is 0 Å². The molecule has 2 rings (SSSR count). The molecule has 2 aromatic carbocycles. The summed E-state index contributed by atoms with van der Waals surface area (Å²) in [4.78, 5) is 12.1. The molecule has 104 valence electrons. The Morgan fingerprint density at radius 1 is 1.20 bits per heavy atom. The van der Waals surface area contributed by atoms with Gasteiger partial charge in [-0.1, -0.05) is 0 Å². The summed E-state index contributed by atoms with van der Waals surface area (Å²) >= 11 is 5.30. The number of nitrogens with one attached hydrogen (secondary N) is 1. The molecule has 0 spiro atoms. The summed E-state index contributed by atoms with van der Waals surface area (Å²) in [5, 5.41) is 2.37. The van der Waals surface area contributed by atoms with Crippen LogP contribution in [0.25, 0.3) is 0 Å². The van der Waals surface area contributed by atoms with Gasteiger partial charge in [0.1, 0.15) is 11.6 Å². The minimum absolute atomic E-state index is 0.167. The predicted molar refractivity (Wildman–Crippen MR) is 85.6 cm³/mol. The first kappa shape index (κ1) is 15.2. The van der Waals surface area contributed by atoms with Crippen molar-refractivity contribution in [2.75, 3.05) is 11.1 Å². The van der Waals surface area contributed by atoms with E-state index in [9.17, 15) is 13.6 Å². The zero-order valence-electron chi connectivity index (χ0n) is 9.88. The molecule has 0 saturated heterocycles. The lowest BCUT2D eigenvalue weighted by Gasteiger charge is -2.09. The molecule has 0 unspecified atom stereocenters. The highest BCUT2D eigenvalue weighted by Gasteiger charge is 2.14. The molecule has 0 bridgehead atoms. The molecule has 3 N–H and O–H groups in total. The second-order valence-corrected chi connectivity index (χ2v) is 6.03. The number of carbonyl (C=O) groups excluding carboxylic acids is 1. The number of rotatable bonds is 2. The smallest absolute Gasteiger partial charge is 0.256 e. The summed E-state index contributed by atoms with van der Waals surface area (Å²) in [6.07, 6.45) is 0. The summed E-state index contributed by atoms with van der Waals surface area (Å²) in [5.41, 5.74) is 5.30. The molecule has 0 heterocycles. The van der Waals surface area contributed by atoms with Crippen molar-refractivity contribution in [1.29, 1.82) is 0 Å². The van der Waals surface area contributed by atoms with Gasteiger partial charge in [0.05, 0.1) is 16.9 Å². The van der Waals surface area contributed by atoms with Crippen molar-refractivity contribution in [2.45, 2.75) is 0 Å². The molecule has 0 fully saturated rings. The zero-order chi connectivity index (χ0) is 14.9. The first-order valence-electron chi connectivity index (χ1n) is 5.39. The van der Waals surface area contributed by atoms with E-state index < -0.39 is 17.5 Å². The van der Waals surface area contributed by atoms with Crippen LogP contribution < -0.4 is 11.1 Å². The van der Waals surface area contributed by atoms with Crippen LogP contribution in [-0.2, 0) is 0 Å².